The Morgan fingerprint density at radius 1 is 1.22 bits per heavy atom. The summed E-state index contributed by atoms with van der Waals surface area (Å²) in [5, 5.41) is 17.1. The lowest BCUT2D eigenvalue weighted by Crippen LogP contribution is -2.45. The number of aliphatic hydroxyl groups excluding tert-OH is 1. The molecule has 3 N–H and O–H groups in total. The van der Waals surface area contributed by atoms with E-state index >= 15 is 0 Å². The lowest BCUT2D eigenvalue weighted by atomic mass is 10.1. The van der Waals surface area contributed by atoms with Gasteiger partial charge in [-0.15, -0.1) is 0 Å². The summed E-state index contributed by atoms with van der Waals surface area (Å²) in [4.78, 5) is 6.19. The van der Waals surface area contributed by atoms with E-state index in [4.69, 9.17) is 9.47 Å². The van der Waals surface area contributed by atoms with Gasteiger partial charge in [0, 0.05) is 31.2 Å². The van der Waals surface area contributed by atoms with Crippen LogP contribution in [0.2, 0.25) is 0 Å². The zero-order valence-electron chi connectivity index (χ0n) is 18.6. The molecule has 7 nitrogen and oxygen atoms in total. The fourth-order valence-electron chi connectivity index (χ4n) is 3.76. The number of hydrogen-bond acceptors (Lipinski definition) is 5. The first kappa shape index (κ1) is 23.6. The molecule has 9 heteroatoms. The topological polar surface area (TPSA) is 78.4 Å². The maximum atomic E-state index is 14.1. The van der Waals surface area contributed by atoms with Crippen LogP contribution in [-0.2, 0) is 0 Å². The second-order valence-electron chi connectivity index (χ2n) is 7.49. The van der Waals surface area contributed by atoms with E-state index in [2.05, 4.69) is 15.6 Å². The van der Waals surface area contributed by atoms with Crippen molar-refractivity contribution in [3.63, 3.8) is 0 Å². The first-order valence-electron chi connectivity index (χ1n) is 10.6. The summed E-state index contributed by atoms with van der Waals surface area (Å²) in [5.41, 5.74) is 0.577. The summed E-state index contributed by atoms with van der Waals surface area (Å²) < 4.78 is 38.8. The number of rotatable bonds is 8. The molecule has 0 aromatic heterocycles. The van der Waals surface area contributed by atoms with Gasteiger partial charge >= 0.3 is 0 Å². The first-order valence-corrected chi connectivity index (χ1v) is 10.6. The maximum Gasteiger partial charge on any atom is 0.191 e. The fraction of sp³-hybridized carbons (Fsp3) is 0.435. The Morgan fingerprint density at radius 3 is 2.62 bits per heavy atom. The van der Waals surface area contributed by atoms with Crippen LogP contribution in [-0.4, -0.2) is 57.5 Å². The number of hydrogen-bond donors (Lipinski definition) is 3. The quantitative estimate of drug-likeness (QED) is 0.426. The predicted octanol–water partition coefficient (Wildman–Crippen LogP) is 2.85. The van der Waals surface area contributed by atoms with Crippen molar-refractivity contribution in [3.8, 4) is 11.5 Å². The van der Waals surface area contributed by atoms with Crippen LogP contribution in [0.15, 0.2) is 41.4 Å². The highest BCUT2D eigenvalue weighted by atomic mass is 19.1. The number of nitrogens with zero attached hydrogens (tertiary/aromatic N) is 2. The number of nitrogens with one attached hydrogen (secondary N) is 2. The number of guanidine groups is 1. The van der Waals surface area contributed by atoms with E-state index in [1.54, 1.807) is 30.2 Å². The molecular weight excluding hydrogens is 418 g/mol. The molecule has 174 valence electrons. The lowest BCUT2D eigenvalue weighted by Gasteiger charge is -2.21. The molecule has 1 aliphatic rings. The van der Waals surface area contributed by atoms with E-state index in [0.29, 0.717) is 49.1 Å². The molecule has 1 heterocycles. The lowest BCUT2D eigenvalue weighted by molar-refractivity contribution is 0.182. The molecule has 0 spiro atoms. The van der Waals surface area contributed by atoms with Crippen molar-refractivity contribution in [2.45, 2.75) is 25.5 Å². The van der Waals surface area contributed by atoms with Gasteiger partial charge in [-0.2, -0.15) is 0 Å². The van der Waals surface area contributed by atoms with Crippen molar-refractivity contribution in [2.24, 2.45) is 4.99 Å². The minimum atomic E-state index is -0.900. The van der Waals surface area contributed by atoms with Crippen LogP contribution < -0.4 is 25.0 Å². The SMILES string of the molecule is CCNC(=NCC(O)c1cc(OC)ccc1OC)NC1CCN(c2c(F)cccc2F)C1. The van der Waals surface area contributed by atoms with Crippen LogP contribution in [0.1, 0.15) is 25.0 Å². The second-order valence-corrected chi connectivity index (χ2v) is 7.49. The van der Waals surface area contributed by atoms with Crippen LogP contribution in [0.4, 0.5) is 14.5 Å². The molecule has 0 radical (unpaired) electrons. The highest BCUT2D eigenvalue weighted by molar-refractivity contribution is 5.80. The van der Waals surface area contributed by atoms with E-state index in [0.717, 1.165) is 0 Å². The Kier molecular flexibility index (Phi) is 8.10. The Balaban J connectivity index is 1.67. The van der Waals surface area contributed by atoms with Gasteiger partial charge in [-0.1, -0.05) is 6.07 Å². The van der Waals surface area contributed by atoms with Crippen LogP contribution >= 0.6 is 0 Å². The van der Waals surface area contributed by atoms with Gasteiger partial charge in [-0.3, -0.25) is 4.99 Å². The van der Waals surface area contributed by atoms with Gasteiger partial charge in [0.05, 0.1) is 20.8 Å². The Bertz CT molecular complexity index is 921. The molecular formula is C23H30F2N4O3. The van der Waals surface area contributed by atoms with Crippen molar-refractivity contribution in [1.29, 1.82) is 0 Å². The molecule has 3 rings (SSSR count). The number of anilines is 1. The molecule has 1 fully saturated rings. The van der Waals surface area contributed by atoms with E-state index in [-0.39, 0.29) is 18.3 Å². The van der Waals surface area contributed by atoms with E-state index in [9.17, 15) is 13.9 Å². The third-order valence-corrected chi connectivity index (χ3v) is 5.35. The largest absolute Gasteiger partial charge is 0.497 e. The molecule has 0 bridgehead atoms. The summed E-state index contributed by atoms with van der Waals surface area (Å²) >= 11 is 0. The number of ether oxygens (including phenoxy) is 2. The Morgan fingerprint density at radius 2 is 1.97 bits per heavy atom. The number of benzene rings is 2. The zero-order chi connectivity index (χ0) is 23.1. The van der Waals surface area contributed by atoms with Crippen molar-refractivity contribution in [1.82, 2.24) is 10.6 Å². The van der Waals surface area contributed by atoms with Gasteiger partial charge in [-0.05, 0) is 43.7 Å². The van der Waals surface area contributed by atoms with Crippen molar-refractivity contribution in [3.05, 3.63) is 53.6 Å². The van der Waals surface area contributed by atoms with Crippen molar-refractivity contribution in [2.75, 3.05) is 45.3 Å². The van der Waals surface area contributed by atoms with Crippen LogP contribution in [0.25, 0.3) is 0 Å². The molecule has 32 heavy (non-hydrogen) atoms. The molecule has 1 aliphatic heterocycles. The number of para-hydroxylation sites is 1. The summed E-state index contributed by atoms with van der Waals surface area (Å²) in [6, 6.07) is 9.05. The summed E-state index contributed by atoms with van der Waals surface area (Å²) in [7, 11) is 3.10. The summed E-state index contributed by atoms with van der Waals surface area (Å²) in [5.74, 6) is 0.544. The maximum absolute atomic E-state index is 14.1. The molecule has 1 saturated heterocycles. The minimum absolute atomic E-state index is 0.000665. The third kappa shape index (κ3) is 5.59. The fourth-order valence-corrected chi connectivity index (χ4v) is 3.76. The molecule has 2 aromatic rings. The first-order chi connectivity index (χ1) is 15.5. The van der Waals surface area contributed by atoms with Crippen molar-refractivity contribution >= 4 is 11.6 Å². The minimum Gasteiger partial charge on any atom is -0.497 e. The average molecular weight is 449 g/mol. The molecule has 2 unspecified atom stereocenters. The molecule has 0 amide bonds. The van der Waals surface area contributed by atoms with Gasteiger partial charge in [0.1, 0.15) is 34.9 Å². The number of methoxy groups -OCH3 is 2. The predicted molar refractivity (Wildman–Crippen MR) is 121 cm³/mol. The van der Waals surface area contributed by atoms with Gasteiger partial charge in [0.15, 0.2) is 5.96 Å². The smallest absolute Gasteiger partial charge is 0.191 e. The Labute approximate surface area is 187 Å². The summed E-state index contributed by atoms with van der Waals surface area (Å²) in [6.45, 7) is 3.63. The molecule has 0 aliphatic carbocycles. The normalized spacial score (nSPS) is 17.2. The highest BCUT2D eigenvalue weighted by Gasteiger charge is 2.27. The number of halogens is 2. The Hall–Kier alpha value is -3.07. The van der Waals surface area contributed by atoms with Crippen LogP contribution in [0.3, 0.4) is 0 Å². The van der Waals surface area contributed by atoms with E-state index in [1.807, 2.05) is 6.92 Å². The van der Waals surface area contributed by atoms with Gasteiger partial charge in [0.2, 0.25) is 0 Å². The average Bonchev–Trinajstić information content (AvgIpc) is 3.24. The molecule has 2 aromatic carbocycles. The number of aliphatic imine (C=N–C) groups is 1. The zero-order valence-corrected chi connectivity index (χ0v) is 18.6. The van der Waals surface area contributed by atoms with Crippen LogP contribution in [0.5, 0.6) is 11.5 Å². The highest BCUT2D eigenvalue weighted by Crippen LogP contribution is 2.30. The third-order valence-electron chi connectivity index (χ3n) is 5.35. The van der Waals surface area contributed by atoms with E-state index in [1.165, 1.54) is 25.3 Å². The number of aliphatic hydroxyl groups is 1. The standard InChI is InChI=1S/C23H30F2N4O3/c1-4-26-23(27-13-20(30)17-12-16(31-2)8-9-21(17)32-3)28-15-10-11-29(14-15)22-18(24)6-5-7-19(22)25/h5-9,12,15,20,30H,4,10-11,13-14H2,1-3H3,(H2,26,27,28). The monoisotopic (exact) mass is 448 g/mol. The molecule has 2 atom stereocenters. The second kappa shape index (κ2) is 11.0. The van der Waals surface area contributed by atoms with Crippen molar-refractivity contribution < 1.29 is 23.4 Å². The van der Waals surface area contributed by atoms with Gasteiger partial charge in [-0.25, -0.2) is 8.78 Å². The van der Waals surface area contributed by atoms with E-state index < -0.39 is 17.7 Å². The van der Waals surface area contributed by atoms with Crippen LogP contribution in [0, 0.1) is 11.6 Å². The van der Waals surface area contributed by atoms with Gasteiger partial charge in [0.25, 0.3) is 0 Å². The van der Waals surface area contributed by atoms with Gasteiger partial charge < -0.3 is 30.1 Å². The molecule has 0 saturated carbocycles. The summed E-state index contributed by atoms with van der Waals surface area (Å²) in [6.07, 6.45) is -0.201.